The zero-order valence-electron chi connectivity index (χ0n) is 14.8. The van der Waals surface area contributed by atoms with Crippen LogP contribution in [0.15, 0.2) is 29.2 Å². The maximum absolute atomic E-state index is 12.5. The molecular weight excluding hydrogens is 360 g/mol. The van der Waals surface area contributed by atoms with E-state index in [2.05, 4.69) is 10.0 Å². The van der Waals surface area contributed by atoms with Crippen molar-refractivity contribution < 1.29 is 27.9 Å². The first-order valence-corrected chi connectivity index (χ1v) is 9.76. The number of amides is 1. The van der Waals surface area contributed by atoms with E-state index >= 15 is 0 Å². The third-order valence-corrected chi connectivity index (χ3v) is 5.51. The summed E-state index contributed by atoms with van der Waals surface area (Å²) in [7, 11) is -2.29. The van der Waals surface area contributed by atoms with E-state index in [9.17, 15) is 18.0 Å². The van der Waals surface area contributed by atoms with Crippen molar-refractivity contribution in [3.8, 4) is 0 Å². The van der Waals surface area contributed by atoms with Gasteiger partial charge in [-0.15, -0.1) is 0 Å². The highest BCUT2D eigenvalue weighted by Crippen LogP contribution is 2.28. The molecule has 0 heterocycles. The standard InChI is InChI=1S/C17H24N2O6S/c1-17(11-25-2,9-15(20)21)19-16(22)13-4-3-5-14(8-13)26(23,24)18-10-12-6-7-12/h3-5,8,12,18H,6-7,9-11H2,1-2H3,(H,19,22)(H,20,21). The largest absolute Gasteiger partial charge is 0.481 e. The molecule has 0 aromatic heterocycles. The van der Waals surface area contributed by atoms with E-state index in [4.69, 9.17) is 9.84 Å². The van der Waals surface area contributed by atoms with Crippen LogP contribution in [0.25, 0.3) is 0 Å². The lowest BCUT2D eigenvalue weighted by atomic mass is 9.98. The van der Waals surface area contributed by atoms with E-state index < -0.39 is 27.4 Å². The number of carbonyl (C=O) groups excluding carboxylic acids is 1. The number of ether oxygens (including phenoxy) is 1. The Morgan fingerprint density at radius 2 is 2.04 bits per heavy atom. The topological polar surface area (TPSA) is 122 Å². The third-order valence-electron chi connectivity index (χ3n) is 4.09. The molecule has 1 aliphatic carbocycles. The lowest BCUT2D eigenvalue weighted by Gasteiger charge is -2.28. The van der Waals surface area contributed by atoms with Crippen LogP contribution in [0.2, 0.25) is 0 Å². The average molecular weight is 384 g/mol. The Labute approximate surface area is 153 Å². The van der Waals surface area contributed by atoms with Crippen LogP contribution >= 0.6 is 0 Å². The molecule has 0 radical (unpaired) electrons. The van der Waals surface area contributed by atoms with Crippen LogP contribution in [0, 0.1) is 5.92 Å². The van der Waals surface area contributed by atoms with E-state index in [-0.39, 0.29) is 23.5 Å². The molecular formula is C17H24N2O6S. The zero-order valence-corrected chi connectivity index (χ0v) is 15.6. The number of hydrogen-bond donors (Lipinski definition) is 3. The molecule has 1 unspecified atom stereocenters. The molecule has 26 heavy (non-hydrogen) atoms. The first-order valence-electron chi connectivity index (χ1n) is 8.28. The van der Waals surface area contributed by atoms with Crippen LogP contribution < -0.4 is 10.0 Å². The summed E-state index contributed by atoms with van der Waals surface area (Å²) in [6, 6.07) is 5.64. The lowest BCUT2D eigenvalue weighted by molar-refractivity contribution is -0.139. The van der Waals surface area contributed by atoms with Gasteiger partial charge in [0.05, 0.1) is 23.5 Å². The second-order valence-electron chi connectivity index (χ2n) is 6.84. The van der Waals surface area contributed by atoms with Crippen molar-refractivity contribution in [3.63, 3.8) is 0 Å². The second-order valence-corrected chi connectivity index (χ2v) is 8.61. The maximum atomic E-state index is 12.5. The minimum absolute atomic E-state index is 0.00233. The Bertz CT molecular complexity index is 775. The van der Waals surface area contributed by atoms with E-state index in [0.29, 0.717) is 12.5 Å². The Kier molecular flexibility index (Phi) is 6.38. The fourth-order valence-electron chi connectivity index (χ4n) is 2.57. The quantitative estimate of drug-likeness (QED) is 0.553. The smallest absolute Gasteiger partial charge is 0.305 e. The summed E-state index contributed by atoms with van der Waals surface area (Å²) in [5.41, 5.74) is -0.983. The van der Waals surface area contributed by atoms with Gasteiger partial charge in [0.15, 0.2) is 0 Å². The van der Waals surface area contributed by atoms with Gasteiger partial charge >= 0.3 is 5.97 Å². The molecule has 1 aromatic carbocycles. The number of aliphatic carboxylic acids is 1. The number of rotatable bonds is 10. The molecule has 0 saturated heterocycles. The normalized spacial score (nSPS) is 16.7. The molecule has 9 heteroatoms. The number of nitrogens with one attached hydrogen (secondary N) is 2. The molecule has 1 aliphatic rings. The van der Waals surface area contributed by atoms with Crippen molar-refractivity contribution in [2.45, 2.75) is 36.6 Å². The van der Waals surface area contributed by atoms with Crippen LogP contribution in [-0.2, 0) is 19.6 Å². The van der Waals surface area contributed by atoms with Gasteiger partial charge in [-0.1, -0.05) is 6.07 Å². The number of carboxylic acids is 1. The van der Waals surface area contributed by atoms with Gasteiger partial charge in [-0.3, -0.25) is 9.59 Å². The summed E-state index contributed by atoms with van der Waals surface area (Å²) in [4.78, 5) is 23.5. The van der Waals surface area contributed by atoms with E-state index in [1.807, 2.05) is 0 Å². The lowest BCUT2D eigenvalue weighted by Crippen LogP contribution is -2.50. The molecule has 1 aromatic rings. The third kappa shape index (κ3) is 5.79. The number of methoxy groups -OCH3 is 1. The summed E-state index contributed by atoms with van der Waals surface area (Å²) in [5, 5.41) is 11.6. The summed E-state index contributed by atoms with van der Waals surface area (Å²) in [6.45, 7) is 1.95. The van der Waals surface area contributed by atoms with Gasteiger partial charge < -0.3 is 15.2 Å². The van der Waals surface area contributed by atoms with Crippen LogP contribution in [0.3, 0.4) is 0 Å². The molecule has 1 saturated carbocycles. The Balaban J connectivity index is 2.14. The van der Waals surface area contributed by atoms with Crippen LogP contribution in [0.1, 0.15) is 36.5 Å². The molecule has 0 bridgehead atoms. The highest BCUT2D eigenvalue weighted by Gasteiger charge is 2.30. The molecule has 144 valence electrons. The molecule has 1 amide bonds. The van der Waals surface area contributed by atoms with Crippen LogP contribution in [0.5, 0.6) is 0 Å². The summed E-state index contributed by atoms with van der Waals surface area (Å²) in [5.74, 6) is -1.25. The number of carboxylic acid groups (broad SMARTS) is 1. The van der Waals surface area contributed by atoms with E-state index in [1.165, 1.54) is 31.4 Å². The molecule has 2 rings (SSSR count). The van der Waals surface area contributed by atoms with Crippen molar-refractivity contribution in [3.05, 3.63) is 29.8 Å². The molecule has 1 fully saturated rings. The fraction of sp³-hybridized carbons (Fsp3) is 0.529. The van der Waals surface area contributed by atoms with Crippen molar-refractivity contribution in [1.29, 1.82) is 0 Å². The zero-order chi connectivity index (χ0) is 19.4. The molecule has 0 spiro atoms. The first kappa shape index (κ1) is 20.3. The number of benzene rings is 1. The summed E-state index contributed by atoms with van der Waals surface area (Å²) in [6.07, 6.45) is 1.72. The minimum Gasteiger partial charge on any atom is -0.481 e. The second kappa shape index (κ2) is 8.15. The highest BCUT2D eigenvalue weighted by atomic mass is 32.2. The predicted molar refractivity (Wildman–Crippen MR) is 94.4 cm³/mol. The van der Waals surface area contributed by atoms with Gasteiger partial charge in [0.2, 0.25) is 10.0 Å². The van der Waals surface area contributed by atoms with E-state index in [0.717, 1.165) is 12.8 Å². The molecule has 1 atom stereocenters. The van der Waals surface area contributed by atoms with Gasteiger partial charge in [0.25, 0.3) is 5.91 Å². The monoisotopic (exact) mass is 384 g/mol. The van der Waals surface area contributed by atoms with Gasteiger partial charge in [0.1, 0.15) is 0 Å². The van der Waals surface area contributed by atoms with E-state index in [1.54, 1.807) is 6.92 Å². The Hall–Kier alpha value is -1.97. The Morgan fingerprint density at radius 1 is 1.35 bits per heavy atom. The SMILES string of the molecule is COCC(C)(CC(=O)O)NC(=O)c1cccc(S(=O)(=O)NCC2CC2)c1. The Morgan fingerprint density at radius 3 is 2.62 bits per heavy atom. The highest BCUT2D eigenvalue weighted by molar-refractivity contribution is 7.89. The fourth-order valence-corrected chi connectivity index (χ4v) is 3.73. The maximum Gasteiger partial charge on any atom is 0.305 e. The van der Waals surface area contributed by atoms with Gasteiger partial charge in [-0.05, 0) is 43.9 Å². The van der Waals surface area contributed by atoms with Crippen molar-refractivity contribution >= 4 is 21.9 Å². The molecule has 0 aliphatic heterocycles. The van der Waals surface area contributed by atoms with Gasteiger partial charge in [0, 0.05) is 19.2 Å². The van der Waals surface area contributed by atoms with Gasteiger partial charge in [-0.2, -0.15) is 0 Å². The average Bonchev–Trinajstić information content (AvgIpc) is 3.36. The van der Waals surface area contributed by atoms with Crippen molar-refractivity contribution in [2.24, 2.45) is 5.92 Å². The van der Waals surface area contributed by atoms with Gasteiger partial charge in [-0.25, -0.2) is 13.1 Å². The number of carbonyl (C=O) groups is 2. The minimum atomic E-state index is -3.69. The first-order chi connectivity index (χ1) is 12.1. The van der Waals surface area contributed by atoms with Crippen molar-refractivity contribution in [2.75, 3.05) is 20.3 Å². The predicted octanol–water partition coefficient (Wildman–Crippen LogP) is 0.984. The number of sulfonamides is 1. The summed E-state index contributed by atoms with van der Waals surface area (Å²) < 4.78 is 32.2. The summed E-state index contributed by atoms with van der Waals surface area (Å²) >= 11 is 0. The van der Waals surface area contributed by atoms with Crippen LogP contribution in [-0.4, -0.2) is 51.2 Å². The van der Waals surface area contributed by atoms with Crippen molar-refractivity contribution in [1.82, 2.24) is 10.0 Å². The molecule has 3 N–H and O–H groups in total. The molecule has 8 nitrogen and oxygen atoms in total. The number of hydrogen-bond acceptors (Lipinski definition) is 5. The van der Waals surface area contributed by atoms with Crippen LogP contribution in [0.4, 0.5) is 0 Å².